The maximum absolute atomic E-state index is 12.2. The molecule has 0 aliphatic heterocycles. The summed E-state index contributed by atoms with van der Waals surface area (Å²) in [6, 6.07) is 9.15. The molecule has 0 unspecified atom stereocenters. The predicted octanol–water partition coefficient (Wildman–Crippen LogP) is 3.73. The summed E-state index contributed by atoms with van der Waals surface area (Å²) in [5, 5.41) is 14.2. The van der Waals surface area contributed by atoms with Gasteiger partial charge in [0.1, 0.15) is 5.82 Å². The Hall–Kier alpha value is -3.09. The number of carbonyl (C=O) groups is 1. The number of methoxy groups -OCH3 is 2. The highest BCUT2D eigenvalue weighted by atomic mass is 16.5. The van der Waals surface area contributed by atoms with Gasteiger partial charge in [-0.2, -0.15) is 0 Å². The van der Waals surface area contributed by atoms with Gasteiger partial charge in [-0.15, -0.1) is 10.2 Å². The smallest absolute Gasteiger partial charge is 0.271 e. The van der Waals surface area contributed by atoms with Crippen LogP contribution in [0, 0.1) is 0 Å². The predicted molar refractivity (Wildman–Crippen MR) is 112 cm³/mol. The third kappa shape index (κ3) is 5.94. The third-order valence-corrected chi connectivity index (χ3v) is 4.94. The van der Waals surface area contributed by atoms with Crippen LogP contribution >= 0.6 is 0 Å². The van der Waals surface area contributed by atoms with Crippen LogP contribution in [-0.4, -0.2) is 36.9 Å². The number of ether oxygens (including phenoxy) is 2. The van der Waals surface area contributed by atoms with Gasteiger partial charge in [0.25, 0.3) is 5.91 Å². The molecule has 1 heterocycles. The molecule has 2 N–H and O–H groups in total. The minimum atomic E-state index is -0.194. The van der Waals surface area contributed by atoms with E-state index in [0.29, 0.717) is 36.1 Å². The summed E-state index contributed by atoms with van der Waals surface area (Å²) in [6.07, 6.45) is 8.04. The maximum Gasteiger partial charge on any atom is 0.271 e. The zero-order chi connectivity index (χ0) is 20.5. The van der Waals surface area contributed by atoms with Gasteiger partial charge in [-0.1, -0.05) is 17.7 Å². The summed E-state index contributed by atoms with van der Waals surface area (Å²) >= 11 is 0. The first-order chi connectivity index (χ1) is 14.2. The number of benzene rings is 1. The second-order valence-corrected chi connectivity index (χ2v) is 6.96. The van der Waals surface area contributed by atoms with E-state index >= 15 is 0 Å². The first kappa shape index (κ1) is 20.6. The van der Waals surface area contributed by atoms with Crippen molar-refractivity contribution in [2.24, 2.45) is 0 Å². The van der Waals surface area contributed by atoms with Gasteiger partial charge in [-0.3, -0.25) is 4.79 Å². The van der Waals surface area contributed by atoms with Gasteiger partial charge in [0.2, 0.25) is 0 Å². The van der Waals surface area contributed by atoms with Crippen molar-refractivity contribution in [1.29, 1.82) is 0 Å². The molecule has 0 fully saturated rings. The van der Waals surface area contributed by atoms with E-state index < -0.39 is 0 Å². The van der Waals surface area contributed by atoms with E-state index in [1.54, 1.807) is 26.4 Å². The Kier molecular flexibility index (Phi) is 7.44. The summed E-state index contributed by atoms with van der Waals surface area (Å²) < 4.78 is 10.6. The Labute approximate surface area is 171 Å². The number of hydrogen-bond donors (Lipinski definition) is 2. The van der Waals surface area contributed by atoms with Crippen LogP contribution in [0.4, 0.5) is 5.82 Å². The number of nitrogens with one attached hydrogen (secondary N) is 2. The summed E-state index contributed by atoms with van der Waals surface area (Å²) in [7, 11) is 3.22. The van der Waals surface area contributed by atoms with E-state index in [-0.39, 0.29) is 5.91 Å². The van der Waals surface area contributed by atoms with Crippen LogP contribution in [-0.2, 0) is 6.54 Å². The van der Waals surface area contributed by atoms with Crippen LogP contribution in [0.1, 0.15) is 48.2 Å². The lowest BCUT2D eigenvalue weighted by atomic mass is 9.97. The number of amides is 1. The molecule has 29 heavy (non-hydrogen) atoms. The fourth-order valence-electron chi connectivity index (χ4n) is 3.29. The number of hydrogen-bond acceptors (Lipinski definition) is 6. The SMILES string of the molecule is COc1ccc(CNc2ccc(C(=O)NCCC3=CCCCC3)nn2)cc1OC. The standard InChI is InChI=1S/C22H28N4O3/c1-28-19-10-8-17(14-20(19)29-2)15-24-21-11-9-18(25-26-21)22(27)23-13-12-16-6-4-3-5-7-16/h6,8-11,14H,3-5,7,12-13,15H2,1-2H3,(H,23,27)(H,24,26). The van der Waals surface area contributed by atoms with Gasteiger partial charge in [-0.05, 0) is 61.9 Å². The maximum atomic E-state index is 12.2. The van der Waals surface area contributed by atoms with E-state index in [2.05, 4.69) is 26.9 Å². The number of aromatic nitrogens is 2. The number of anilines is 1. The molecular formula is C22H28N4O3. The molecule has 0 atom stereocenters. The van der Waals surface area contributed by atoms with E-state index in [9.17, 15) is 4.79 Å². The van der Waals surface area contributed by atoms with Crippen molar-refractivity contribution in [3.63, 3.8) is 0 Å². The molecule has 0 radical (unpaired) electrons. The Bertz CT molecular complexity index is 850. The minimum absolute atomic E-state index is 0.194. The van der Waals surface area contributed by atoms with E-state index in [0.717, 1.165) is 24.8 Å². The van der Waals surface area contributed by atoms with Crippen LogP contribution in [0.15, 0.2) is 42.0 Å². The highest BCUT2D eigenvalue weighted by Gasteiger charge is 2.10. The van der Waals surface area contributed by atoms with E-state index in [4.69, 9.17) is 9.47 Å². The molecule has 0 saturated carbocycles. The zero-order valence-corrected chi connectivity index (χ0v) is 17.0. The van der Waals surface area contributed by atoms with Gasteiger partial charge in [0.05, 0.1) is 14.2 Å². The van der Waals surface area contributed by atoms with Crippen LogP contribution < -0.4 is 20.1 Å². The highest BCUT2D eigenvalue weighted by Crippen LogP contribution is 2.27. The van der Waals surface area contributed by atoms with Crippen LogP contribution in [0.2, 0.25) is 0 Å². The lowest BCUT2D eigenvalue weighted by molar-refractivity contribution is 0.0948. The minimum Gasteiger partial charge on any atom is -0.493 e. The van der Waals surface area contributed by atoms with Crippen molar-refractivity contribution in [3.8, 4) is 11.5 Å². The second-order valence-electron chi connectivity index (χ2n) is 6.96. The molecule has 1 aliphatic carbocycles. The largest absolute Gasteiger partial charge is 0.493 e. The van der Waals surface area contributed by atoms with Gasteiger partial charge in [-0.25, -0.2) is 0 Å². The molecule has 7 nitrogen and oxygen atoms in total. The summed E-state index contributed by atoms with van der Waals surface area (Å²) in [6.45, 7) is 1.18. The molecule has 1 amide bonds. The van der Waals surface area contributed by atoms with Crippen LogP contribution in [0.3, 0.4) is 0 Å². The molecule has 154 valence electrons. The molecule has 0 bridgehead atoms. The summed E-state index contributed by atoms with van der Waals surface area (Å²) in [4.78, 5) is 12.2. The Morgan fingerprint density at radius 3 is 2.62 bits per heavy atom. The molecule has 0 spiro atoms. The number of carbonyl (C=O) groups excluding carboxylic acids is 1. The first-order valence-electron chi connectivity index (χ1n) is 9.94. The lowest BCUT2D eigenvalue weighted by Crippen LogP contribution is -2.26. The molecule has 7 heteroatoms. The van der Waals surface area contributed by atoms with E-state index in [1.807, 2.05) is 18.2 Å². The molecule has 3 rings (SSSR count). The second kappa shape index (κ2) is 10.5. The molecule has 1 aromatic heterocycles. The van der Waals surface area contributed by atoms with Crippen molar-refractivity contribution in [2.75, 3.05) is 26.1 Å². The highest BCUT2D eigenvalue weighted by molar-refractivity contribution is 5.92. The Balaban J connectivity index is 1.48. The average Bonchev–Trinajstić information content (AvgIpc) is 2.78. The summed E-state index contributed by atoms with van der Waals surface area (Å²) in [5.74, 6) is 1.77. The summed E-state index contributed by atoms with van der Waals surface area (Å²) in [5.41, 5.74) is 2.78. The number of rotatable bonds is 9. The van der Waals surface area contributed by atoms with Crippen molar-refractivity contribution in [2.45, 2.75) is 38.6 Å². The molecule has 1 aliphatic rings. The topological polar surface area (TPSA) is 85.4 Å². The lowest BCUT2D eigenvalue weighted by Gasteiger charge is -2.12. The van der Waals surface area contributed by atoms with Crippen molar-refractivity contribution < 1.29 is 14.3 Å². The van der Waals surface area contributed by atoms with Crippen LogP contribution in [0.5, 0.6) is 11.5 Å². The van der Waals surface area contributed by atoms with Gasteiger partial charge in [0.15, 0.2) is 17.2 Å². The van der Waals surface area contributed by atoms with Crippen molar-refractivity contribution in [3.05, 3.63) is 53.2 Å². The van der Waals surface area contributed by atoms with E-state index in [1.165, 1.54) is 18.4 Å². The van der Waals surface area contributed by atoms with Crippen LogP contribution in [0.25, 0.3) is 0 Å². The van der Waals surface area contributed by atoms with Crippen molar-refractivity contribution >= 4 is 11.7 Å². The average molecular weight is 396 g/mol. The molecule has 0 saturated heterocycles. The van der Waals surface area contributed by atoms with Crippen molar-refractivity contribution in [1.82, 2.24) is 15.5 Å². The monoisotopic (exact) mass is 396 g/mol. The molecule has 1 aromatic carbocycles. The molecule has 2 aromatic rings. The normalized spacial score (nSPS) is 13.4. The van der Waals surface area contributed by atoms with Gasteiger partial charge < -0.3 is 20.1 Å². The molecular weight excluding hydrogens is 368 g/mol. The zero-order valence-electron chi connectivity index (χ0n) is 17.0. The van der Waals surface area contributed by atoms with Gasteiger partial charge >= 0.3 is 0 Å². The number of nitrogens with zero attached hydrogens (tertiary/aromatic N) is 2. The fraction of sp³-hybridized carbons (Fsp3) is 0.409. The first-order valence-corrected chi connectivity index (χ1v) is 9.94. The third-order valence-electron chi connectivity index (χ3n) is 4.94. The number of allylic oxidation sites excluding steroid dienone is 1. The Morgan fingerprint density at radius 1 is 1.07 bits per heavy atom. The fourth-order valence-corrected chi connectivity index (χ4v) is 3.29. The Morgan fingerprint density at radius 2 is 1.93 bits per heavy atom. The van der Waals surface area contributed by atoms with Gasteiger partial charge in [0, 0.05) is 13.1 Å². The quantitative estimate of drug-likeness (QED) is 0.628.